The second-order valence-electron chi connectivity index (χ2n) is 5.65. The molecule has 1 heterocycles. The summed E-state index contributed by atoms with van der Waals surface area (Å²) in [6.07, 6.45) is 3.23. The van der Waals surface area contributed by atoms with Gasteiger partial charge in [0.15, 0.2) is 18.2 Å². The van der Waals surface area contributed by atoms with E-state index in [1.807, 2.05) is 6.07 Å². The van der Waals surface area contributed by atoms with Crippen LogP contribution in [0.1, 0.15) is 26.3 Å². The lowest BCUT2D eigenvalue weighted by Crippen LogP contribution is -2.37. The molecule has 0 aliphatic heterocycles. The average Bonchev–Trinajstić information content (AvgIpc) is 2.68. The average molecular weight is 347 g/mol. The highest BCUT2D eigenvalue weighted by atomic mass is 16.6. The summed E-state index contributed by atoms with van der Waals surface area (Å²) in [6.45, 7) is -0.0509. The SMILES string of the molecule is O=C(c1ccccc1)c1cc[n+](CC(=O)c2ccccc2[N+](=O)[O-])cc1. The zero-order valence-corrected chi connectivity index (χ0v) is 13.7. The van der Waals surface area contributed by atoms with Crippen LogP contribution in [0.25, 0.3) is 0 Å². The molecule has 0 spiro atoms. The van der Waals surface area contributed by atoms with Crippen LogP contribution in [-0.2, 0) is 6.54 Å². The van der Waals surface area contributed by atoms with Crippen molar-refractivity contribution in [1.82, 2.24) is 0 Å². The molecular formula is C20H15N2O4+. The van der Waals surface area contributed by atoms with Gasteiger partial charge in [0.2, 0.25) is 12.3 Å². The van der Waals surface area contributed by atoms with Crippen LogP contribution in [-0.4, -0.2) is 16.5 Å². The normalized spacial score (nSPS) is 10.3. The lowest BCUT2D eigenvalue weighted by molar-refractivity contribution is -0.683. The van der Waals surface area contributed by atoms with Crippen LogP contribution in [0.4, 0.5) is 5.69 Å². The van der Waals surface area contributed by atoms with Gasteiger partial charge in [-0.15, -0.1) is 0 Å². The molecule has 0 N–H and O–H groups in total. The summed E-state index contributed by atoms with van der Waals surface area (Å²) in [4.78, 5) is 35.2. The Morgan fingerprint density at radius 3 is 2.08 bits per heavy atom. The van der Waals surface area contributed by atoms with Crippen molar-refractivity contribution >= 4 is 17.3 Å². The van der Waals surface area contributed by atoms with E-state index in [-0.39, 0.29) is 29.4 Å². The summed E-state index contributed by atoms with van der Waals surface area (Å²) in [6, 6.07) is 18.0. The highest BCUT2D eigenvalue weighted by molar-refractivity contribution is 6.08. The molecule has 0 amide bonds. The number of nitro groups is 1. The van der Waals surface area contributed by atoms with Gasteiger partial charge in [0.25, 0.3) is 5.69 Å². The van der Waals surface area contributed by atoms with Crippen LogP contribution < -0.4 is 4.57 Å². The number of para-hydroxylation sites is 1. The van der Waals surface area contributed by atoms with E-state index >= 15 is 0 Å². The van der Waals surface area contributed by atoms with Gasteiger partial charge >= 0.3 is 0 Å². The monoisotopic (exact) mass is 347 g/mol. The Labute approximate surface area is 149 Å². The van der Waals surface area contributed by atoms with Crippen molar-refractivity contribution in [1.29, 1.82) is 0 Å². The van der Waals surface area contributed by atoms with Crippen molar-refractivity contribution in [3.05, 3.63) is 106 Å². The first-order valence-electron chi connectivity index (χ1n) is 7.92. The first kappa shape index (κ1) is 17.2. The Balaban J connectivity index is 1.77. The Morgan fingerprint density at radius 1 is 0.846 bits per heavy atom. The number of pyridine rings is 1. The Bertz CT molecular complexity index is 967. The molecule has 6 nitrogen and oxygen atoms in total. The predicted octanol–water partition coefficient (Wildman–Crippen LogP) is 3.00. The third-order valence-electron chi connectivity index (χ3n) is 3.92. The maximum absolute atomic E-state index is 12.4. The molecule has 2 aromatic carbocycles. The molecular weight excluding hydrogens is 332 g/mol. The van der Waals surface area contributed by atoms with Gasteiger partial charge in [-0.25, -0.2) is 0 Å². The van der Waals surface area contributed by atoms with Crippen molar-refractivity contribution in [2.24, 2.45) is 0 Å². The molecule has 0 aliphatic rings. The van der Waals surface area contributed by atoms with Gasteiger partial charge in [-0.2, -0.15) is 4.57 Å². The number of aromatic nitrogens is 1. The number of hydrogen-bond acceptors (Lipinski definition) is 4. The summed E-state index contributed by atoms with van der Waals surface area (Å²) >= 11 is 0. The van der Waals surface area contributed by atoms with Gasteiger partial charge < -0.3 is 0 Å². The smallest absolute Gasteiger partial charge is 0.280 e. The van der Waals surface area contributed by atoms with Gasteiger partial charge in [0.1, 0.15) is 5.56 Å². The van der Waals surface area contributed by atoms with E-state index in [0.29, 0.717) is 11.1 Å². The fourth-order valence-electron chi connectivity index (χ4n) is 2.59. The quantitative estimate of drug-likeness (QED) is 0.297. The molecule has 0 radical (unpaired) electrons. The molecule has 0 bridgehead atoms. The molecule has 26 heavy (non-hydrogen) atoms. The van der Waals surface area contributed by atoms with E-state index in [4.69, 9.17) is 0 Å². The number of rotatable bonds is 6. The maximum Gasteiger partial charge on any atom is 0.280 e. The molecule has 0 atom stereocenters. The molecule has 6 heteroatoms. The zero-order chi connectivity index (χ0) is 18.5. The zero-order valence-electron chi connectivity index (χ0n) is 13.7. The van der Waals surface area contributed by atoms with Crippen molar-refractivity contribution in [2.45, 2.75) is 6.54 Å². The second-order valence-corrected chi connectivity index (χ2v) is 5.65. The first-order valence-corrected chi connectivity index (χ1v) is 7.92. The fourth-order valence-corrected chi connectivity index (χ4v) is 2.59. The van der Waals surface area contributed by atoms with E-state index in [9.17, 15) is 19.7 Å². The lowest BCUT2D eigenvalue weighted by atomic mass is 10.0. The van der Waals surface area contributed by atoms with Crippen LogP contribution >= 0.6 is 0 Å². The summed E-state index contributed by atoms with van der Waals surface area (Å²) < 4.78 is 1.58. The number of hydrogen-bond donors (Lipinski definition) is 0. The standard InChI is InChI=1S/C20H15N2O4/c23-19(17-8-4-5-9-18(17)22(25)26)14-21-12-10-16(11-13-21)20(24)15-6-2-1-3-7-15/h1-13H,14H2/q+1. The molecule has 0 saturated heterocycles. The van der Waals surface area contributed by atoms with Crippen LogP contribution in [0.5, 0.6) is 0 Å². The molecule has 128 valence electrons. The van der Waals surface area contributed by atoms with Crippen LogP contribution in [0.2, 0.25) is 0 Å². The van der Waals surface area contributed by atoms with Gasteiger partial charge in [-0.05, 0) is 6.07 Å². The van der Waals surface area contributed by atoms with Crippen molar-refractivity contribution in [3.8, 4) is 0 Å². The second kappa shape index (κ2) is 7.48. The lowest BCUT2D eigenvalue weighted by Gasteiger charge is -2.02. The van der Waals surface area contributed by atoms with E-state index in [1.54, 1.807) is 59.4 Å². The molecule has 3 rings (SSSR count). The third kappa shape index (κ3) is 3.70. The summed E-state index contributed by atoms with van der Waals surface area (Å²) in [5, 5.41) is 11.0. The van der Waals surface area contributed by atoms with E-state index in [2.05, 4.69) is 0 Å². The number of carbonyl (C=O) groups excluding carboxylic acids is 2. The summed E-state index contributed by atoms with van der Waals surface area (Å²) in [7, 11) is 0. The number of carbonyl (C=O) groups is 2. The number of nitrogens with zero attached hydrogens (tertiary/aromatic N) is 2. The third-order valence-corrected chi connectivity index (χ3v) is 3.92. The molecule has 0 fully saturated rings. The van der Waals surface area contributed by atoms with E-state index in [1.165, 1.54) is 18.2 Å². The molecule has 3 aromatic rings. The van der Waals surface area contributed by atoms with Crippen molar-refractivity contribution in [2.75, 3.05) is 0 Å². The fraction of sp³-hybridized carbons (Fsp3) is 0.0500. The predicted molar refractivity (Wildman–Crippen MR) is 93.9 cm³/mol. The largest absolute Gasteiger partial charge is 0.289 e. The maximum atomic E-state index is 12.4. The number of ketones is 2. The minimum atomic E-state index is -0.570. The van der Waals surface area contributed by atoms with Crippen LogP contribution in [0.3, 0.4) is 0 Å². The van der Waals surface area contributed by atoms with Crippen LogP contribution in [0.15, 0.2) is 79.1 Å². The minimum Gasteiger partial charge on any atom is -0.289 e. The first-order chi connectivity index (χ1) is 12.6. The van der Waals surface area contributed by atoms with Gasteiger partial charge in [0.05, 0.1) is 4.92 Å². The number of nitro benzene ring substituents is 1. The van der Waals surface area contributed by atoms with E-state index < -0.39 is 4.92 Å². The number of benzene rings is 2. The molecule has 0 unspecified atom stereocenters. The van der Waals surface area contributed by atoms with Crippen molar-refractivity contribution in [3.63, 3.8) is 0 Å². The highest BCUT2D eigenvalue weighted by Gasteiger charge is 2.22. The highest BCUT2D eigenvalue weighted by Crippen LogP contribution is 2.18. The summed E-state index contributed by atoms with van der Waals surface area (Å²) in [5.41, 5.74) is 0.940. The van der Waals surface area contributed by atoms with E-state index in [0.717, 1.165) is 0 Å². The molecule has 1 aromatic heterocycles. The summed E-state index contributed by atoms with van der Waals surface area (Å²) in [5.74, 6) is -0.479. The van der Waals surface area contributed by atoms with Gasteiger partial charge in [0, 0.05) is 29.3 Å². The van der Waals surface area contributed by atoms with Crippen LogP contribution in [0, 0.1) is 10.1 Å². The van der Waals surface area contributed by atoms with Gasteiger partial charge in [-0.1, -0.05) is 42.5 Å². The van der Waals surface area contributed by atoms with Gasteiger partial charge in [-0.3, -0.25) is 19.7 Å². The Morgan fingerprint density at radius 2 is 1.42 bits per heavy atom. The Kier molecular flexibility index (Phi) is 4.94. The number of Topliss-reactive ketones (excluding diaryl/α,β-unsaturated/α-hetero) is 1. The van der Waals surface area contributed by atoms with Crippen molar-refractivity contribution < 1.29 is 19.1 Å². The molecule has 0 saturated carbocycles. The molecule has 0 aliphatic carbocycles. The minimum absolute atomic E-state index is 0.0509. The topological polar surface area (TPSA) is 81.2 Å². The Hall–Kier alpha value is -3.67.